The second kappa shape index (κ2) is 7.09. The Morgan fingerprint density at radius 1 is 1.30 bits per heavy atom. The van der Waals surface area contributed by atoms with E-state index in [2.05, 4.69) is 46.4 Å². The SMILES string of the molecule is CCN(CC)c1ccc(/C=N/N=C2/NC(=O)CS2)cc1. The maximum absolute atomic E-state index is 11.0. The van der Waals surface area contributed by atoms with Crippen LogP contribution >= 0.6 is 11.8 Å². The van der Waals surface area contributed by atoms with Gasteiger partial charge in [-0.2, -0.15) is 5.10 Å². The van der Waals surface area contributed by atoms with Gasteiger partial charge in [-0.15, -0.1) is 5.10 Å². The van der Waals surface area contributed by atoms with Crippen molar-refractivity contribution in [2.24, 2.45) is 10.2 Å². The van der Waals surface area contributed by atoms with Crippen LogP contribution in [0, 0.1) is 0 Å². The third-order valence-electron chi connectivity index (χ3n) is 2.96. The van der Waals surface area contributed by atoms with E-state index in [1.54, 1.807) is 6.21 Å². The molecule has 1 saturated heterocycles. The average molecular weight is 290 g/mol. The summed E-state index contributed by atoms with van der Waals surface area (Å²) >= 11 is 1.37. The maximum atomic E-state index is 11.0. The molecule has 1 heterocycles. The van der Waals surface area contributed by atoms with Gasteiger partial charge in [-0.3, -0.25) is 4.79 Å². The summed E-state index contributed by atoms with van der Waals surface area (Å²) in [5.41, 5.74) is 2.19. The first kappa shape index (κ1) is 14.6. The number of benzene rings is 1. The summed E-state index contributed by atoms with van der Waals surface area (Å²) in [5.74, 6) is 0.403. The molecule has 1 amide bonds. The van der Waals surface area contributed by atoms with E-state index in [-0.39, 0.29) is 5.91 Å². The van der Waals surface area contributed by atoms with Crippen LogP contribution in [0.1, 0.15) is 19.4 Å². The van der Waals surface area contributed by atoms with Gasteiger partial charge in [0.25, 0.3) is 0 Å². The molecule has 1 aromatic carbocycles. The fourth-order valence-corrected chi connectivity index (χ4v) is 2.52. The zero-order valence-electron chi connectivity index (χ0n) is 11.7. The van der Waals surface area contributed by atoms with E-state index >= 15 is 0 Å². The van der Waals surface area contributed by atoms with Gasteiger partial charge in [0.15, 0.2) is 5.17 Å². The van der Waals surface area contributed by atoms with E-state index in [4.69, 9.17) is 0 Å². The summed E-state index contributed by atoms with van der Waals surface area (Å²) in [5, 5.41) is 11.1. The lowest BCUT2D eigenvalue weighted by Gasteiger charge is -2.20. The lowest BCUT2D eigenvalue weighted by molar-refractivity contribution is -0.116. The highest BCUT2D eigenvalue weighted by Gasteiger charge is 2.15. The Bertz CT molecular complexity index is 520. The number of hydrogen-bond donors (Lipinski definition) is 1. The predicted octanol–water partition coefficient (Wildman–Crippen LogP) is 2.09. The van der Waals surface area contributed by atoms with Crippen LogP contribution in [0.2, 0.25) is 0 Å². The summed E-state index contributed by atoms with van der Waals surface area (Å²) in [6.07, 6.45) is 1.68. The lowest BCUT2D eigenvalue weighted by Crippen LogP contribution is -2.21. The molecule has 0 aromatic heterocycles. The van der Waals surface area contributed by atoms with Crippen molar-refractivity contribution < 1.29 is 4.79 Å². The number of carbonyl (C=O) groups is 1. The van der Waals surface area contributed by atoms with Crippen LogP contribution in [0.4, 0.5) is 5.69 Å². The van der Waals surface area contributed by atoms with Crippen molar-refractivity contribution in [3.63, 3.8) is 0 Å². The number of thioether (sulfide) groups is 1. The van der Waals surface area contributed by atoms with Crippen LogP contribution < -0.4 is 10.2 Å². The molecule has 0 bridgehead atoms. The van der Waals surface area contributed by atoms with E-state index in [1.165, 1.54) is 17.4 Å². The number of amides is 1. The molecule has 20 heavy (non-hydrogen) atoms. The van der Waals surface area contributed by atoms with Crippen molar-refractivity contribution in [1.29, 1.82) is 0 Å². The predicted molar refractivity (Wildman–Crippen MR) is 85.6 cm³/mol. The van der Waals surface area contributed by atoms with E-state index < -0.39 is 0 Å². The Morgan fingerprint density at radius 3 is 2.55 bits per heavy atom. The van der Waals surface area contributed by atoms with Gasteiger partial charge in [-0.1, -0.05) is 23.9 Å². The Hall–Kier alpha value is -1.82. The van der Waals surface area contributed by atoms with E-state index in [0.29, 0.717) is 10.9 Å². The Labute approximate surface area is 123 Å². The minimum atomic E-state index is -0.0208. The van der Waals surface area contributed by atoms with E-state index in [9.17, 15) is 4.79 Å². The molecular formula is C14H18N4OS. The highest BCUT2D eigenvalue weighted by atomic mass is 32.2. The number of anilines is 1. The number of hydrogen-bond acceptors (Lipinski definition) is 5. The van der Waals surface area contributed by atoms with Gasteiger partial charge in [0.05, 0.1) is 12.0 Å². The molecule has 0 aliphatic carbocycles. The van der Waals surface area contributed by atoms with Gasteiger partial charge in [0.1, 0.15) is 0 Å². The second-order valence-electron chi connectivity index (χ2n) is 4.25. The first-order valence-corrected chi connectivity index (χ1v) is 7.60. The third-order valence-corrected chi connectivity index (χ3v) is 3.83. The van der Waals surface area contributed by atoms with E-state index in [1.807, 2.05) is 12.1 Å². The number of nitrogens with one attached hydrogen (secondary N) is 1. The molecule has 106 valence electrons. The lowest BCUT2D eigenvalue weighted by atomic mass is 10.2. The van der Waals surface area contributed by atoms with Crippen molar-refractivity contribution in [3.8, 4) is 0 Å². The molecule has 2 rings (SSSR count). The van der Waals surface area contributed by atoms with E-state index in [0.717, 1.165) is 18.7 Å². The quantitative estimate of drug-likeness (QED) is 0.667. The van der Waals surface area contributed by atoms with Crippen LogP contribution in [0.25, 0.3) is 0 Å². The fraction of sp³-hybridized carbons (Fsp3) is 0.357. The highest BCUT2D eigenvalue weighted by Crippen LogP contribution is 2.14. The zero-order chi connectivity index (χ0) is 14.4. The minimum Gasteiger partial charge on any atom is -0.372 e. The molecule has 1 N–H and O–H groups in total. The second-order valence-corrected chi connectivity index (χ2v) is 5.21. The van der Waals surface area contributed by atoms with Crippen LogP contribution in [0.15, 0.2) is 34.5 Å². The van der Waals surface area contributed by atoms with Crippen molar-refractivity contribution in [2.75, 3.05) is 23.7 Å². The first-order valence-electron chi connectivity index (χ1n) is 6.61. The summed E-state index contributed by atoms with van der Waals surface area (Å²) in [6, 6.07) is 8.18. The summed E-state index contributed by atoms with van der Waals surface area (Å²) < 4.78 is 0. The smallest absolute Gasteiger partial charge is 0.236 e. The minimum absolute atomic E-state index is 0.0208. The largest absolute Gasteiger partial charge is 0.372 e. The van der Waals surface area contributed by atoms with Gasteiger partial charge < -0.3 is 10.2 Å². The van der Waals surface area contributed by atoms with Crippen molar-refractivity contribution in [3.05, 3.63) is 29.8 Å². The molecule has 1 aliphatic rings. The molecule has 1 fully saturated rings. The summed E-state index contributed by atoms with van der Waals surface area (Å²) in [7, 11) is 0. The standard InChI is InChI=1S/C14H18N4OS/c1-3-18(4-2)12-7-5-11(6-8-12)9-15-17-14-16-13(19)10-20-14/h5-9H,3-4,10H2,1-2H3,(H,16,17,19)/b15-9+. The van der Waals surface area contributed by atoms with Crippen molar-refractivity contribution in [1.82, 2.24) is 5.32 Å². The van der Waals surface area contributed by atoms with Crippen molar-refractivity contribution >= 4 is 34.7 Å². The molecule has 0 radical (unpaired) electrons. The summed E-state index contributed by atoms with van der Waals surface area (Å²) in [6.45, 7) is 6.27. The van der Waals surface area contributed by atoms with Crippen LogP contribution in [-0.2, 0) is 4.79 Å². The van der Waals surface area contributed by atoms with Gasteiger partial charge in [0.2, 0.25) is 5.91 Å². The van der Waals surface area contributed by atoms with Gasteiger partial charge in [0, 0.05) is 18.8 Å². The Morgan fingerprint density at radius 2 is 2.00 bits per heavy atom. The molecular weight excluding hydrogens is 272 g/mol. The van der Waals surface area contributed by atoms with Crippen LogP contribution in [0.5, 0.6) is 0 Å². The van der Waals surface area contributed by atoms with Gasteiger partial charge >= 0.3 is 0 Å². The molecule has 5 nitrogen and oxygen atoms in total. The Kier molecular flexibility index (Phi) is 5.17. The topological polar surface area (TPSA) is 57.1 Å². The summed E-state index contributed by atoms with van der Waals surface area (Å²) in [4.78, 5) is 13.3. The average Bonchev–Trinajstić information content (AvgIpc) is 2.87. The highest BCUT2D eigenvalue weighted by molar-refractivity contribution is 8.15. The maximum Gasteiger partial charge on any atom is 0.236 e. The molecule has 0 saturated carbocycles. The molecule has 0 spiro atoms. The third kappa shape index (κ3) is 3.84. The molecule has 0 atom stereocenters. The van der Waals surface area contributed by atoms with Crippen molar-refractivity contribution in [2.45, 2.75) is 13.8 Å². The molecule has 1 aliphatic heterocycles. The fourth-order valence-electron chi connectivity index (χ4n) is 1.89. The Balaban J connectivity index is 1.98. The van der Waals surface area contributed by atoms with Crippen LogP contribution in [0.3, 0.4) is 0 Å². The number of nitrogens with zero attached hydrogens (tertiary/aromatic N) is 3. The molecule has 6 heteroatoms. The number of amidine groups is 1. The normalized spacial score (nSPS) is 16.9. The van der Waals surface area contributed by atoms with Crippen LogP contribution in [-0.4, -0.2) is 36.1 Å². The number of rotatable bonds is 5. The molecule has 1 aromatic rings. The van der Waals surface area contributed by atoms with Gasteiger partial charge in [-0.05, 0) is 31.5 Å². The monoisotopic (exact) mass is 290 g/mol. The number of carbonyl (C=O) groups excluding carboxylic acids is 1. The molecule has 0 unspecified atom stereocenters. The zero-order valence-corrected chi connectivity index (χ0v) is 12.5. The first-order chi connectivity index (χ1) is 9.72. The van der Waals surface area contributed by atoms with Gasteiger partial charge in [-0.25, -0.2) is 0 Å².